The molecule has 1 aromatic carbocycles. The van der Waals surface area contributed by atoms with Crippen molar-refractivity contribution in [1.82, 2.24) is 0 Å². The molecule has 0 aliphatic carbocycles. The first-order valence-electron chi connectivity index (χ1n) is 6.00. The Bertz CT molecular complexity index is 450. The predicted molar refractivity (Wildman–Crippen MR) is 69.1 cm³/mol. The average Bonchev–Trinajstić information content (AvgIpc) is 2.39. The van der Waals surface area contributed by atoms with Crippen LogP contribution < -0.4 is 10.5 Å². The Balaban J connectivity index is 2.07. The minimum atomic E-state index is -0.516. The first-order chi connectivity index (χ1) is 8.66. The van der Waals surface area contributed by atoms with E-state index in [0.29, 0.717) is 11.1 Å². The molecular formula is C14H17NO3. The molecule has 0 aromatic heterocycles. The highest BCUT2D eigenvalue weighted by Gasteiger charge is 2.15. The van der Waals surface area contributed by atoms with Crippen LogP contribution in [0.1, 0.15) is 18.4 Å². The maximum atomic E-state index is 11.1. The maximum absolute atomic E-state index is 11.1. The lowest BCUT2D eigenvalue weighted by Crippen LogP contribution is -2.25. The Hall–Kier alpha value is -1.81. The Morgan fingerprint density at radius 3 is 2.78 bits per heavy atom. The minimum absolute atomic E-state index is 0.177. The van der Waals surface area contributed by atoms with Gasteiger partial charge >= 0.3 is 0 Å². The lowest BCUT2D eigenvalue weighted by Gasteiger charge is -2.23. The number of primary amides is 1. The molecule has 96 valence electrons. The molecule has 1 heterocycles. The SMILES string of the molecule is C=C(C(N)=O)c1cccc(OC2CCOCC2)c1. The van der Waals surface area contributed by atoms with Gasteiger partial charge in [0.1, 0.15) is 11.9 Å². The van der Waals surface area contributed by atoms with Crippen molar-refractivity contribution in [2.45, 2.75) is 18.9 Å². The molecule has 1 aliphatic rings. The first kappa shape index (κ1) is 12.6. The van der Waals surface area contributed by atoms with Crippen molar-refractivity contribution in [3.63, 3.8) is 0 Å². The van der Waals surface area contributed by atoms with E-state index >= 15 is 0 Å². The summed E-state index contributed by atoms with van der Waals surface area (Å²) < 4.78 is 11.1. The topological polar surface area (TPSA) is 61.6 Å². The highest BCUT2D eigenvalue weighted by Crippen LogP contribution is 2.22. The molecule has 4 nitrogen and oxygen atoms in total. The van der Waals surface area contributed by atoms with Gasteiger partial charge in [-0.05, 0) is 17.7 Å². The van der Waals surface area contributed by atoms with Gasteiger partial charge in [-0.15, -0.1) is 0 Å². The second kappa shape index (κ2) is 5.69. The molecule has 0 atom stereocenters. The van der Waals surface area contributed by atoms with Crippen molar-refractivity contribution in [3.8, 4) is 5.75 Å². The summed E-state index contributed by atoms with van der Waals surface area (Å²) in [5.74, 6) is 0.222. The van der Waals surface area contributed by atoms with E-state index in [1.54, 1.807) is 12.1 Å². The number of nitrogens with two attached hydrogens (primary N) is 1. The summed E-state index contributed by atoms with van der Waals surface area (Å²) in [6, 6.07) is 7.29. The van der Waals surface area contributed by atoms with Crippen LogP contribution in [0.15, 0.2) is 30.8 Å². The van der Waals surface area contributed by atoms with Gasteiger partial charge in [0.15, 0.2) is 0 Å². The summed E-state index contributed by atoms with van der Waals surface area (Å²) in [4.78, 5) is 11.1. The Kier molecular flexibility index (Phi) is 3.99. The molecule has 0 bridgehead atoms. The molecule has 1 amide bonds. The summed E-state index contributed by atoms with van der Waals surface area (Å²) >= 11 is 0. The van der Waals surface area contributed by atoms with Gasteiger partial charge in [-0.1, -0.05) is 18.7 Å². The van der Waals surface area contributed by atoms with Crippen molar-refractivity contribution in [1.29, 1.82) is 0 Å². The molecule has 1 saturated heterocycles. The van der Waals surface area contributed by atoms with Crippen molar-refractivity contribution in [2.24, 2.45) is 5.73 Å². The van der Waals surface area contributed by atoms with Crippen molar-refractivity contribution in [3.05, 3.63) is 36.4 Å². The third kappa shape index (κ3) is 3.11. The largest absolute Gasteiger partial charge is 0.490 e. The Morgan fingerprint density at radius 1 is 1.39 bits per heavy atom. The highest BCUT2D eigenvalue weighted by molar-refractivity contribution is 6.17. The minimum Gasteiger partial charge on any atom is -0.490 e. The van der Waals surface area contributed by atoms with Crippen LogP contribution in [0.2, 0.25) is 0 Å². The van der Waals surface area contributed by atoms with E-state index in [1.807, 2.05) is 12.1 Å². The van der Waals surface area contributed by atoms with Crippen LogP contribution in [0.5, 0.6) is 5.75 Å². The molecular weight excluding hydrogens is 230 g/mol. The van der Waals surface area contributed by atoms with E-state index in [2.05, 4.69) is 6.58 Å². The monoisotopic (exact) mass is 247 g/mol. The summed E-state index contributed by atoms with van der Waals surface area (Å²) in [5, 5.41) is 0. The van der Waals surface area contributed by atoms with E-state index in [1.165, 1.54) is 0 Å². The number of carbonyl (C=O) groups excluding carboxylic acids is 1. The van der Waals surface area contributed by atoms with E-state index in [9.17, 15) is 4.79 Å². The van der Waals surface area contributed by atoms with Gasteiger partial charge in [-0.3, -0.25) is 4.79 Å². The molecule has 2 N–H and O–H groups in total. The zero-order valence-corrected chi connectivity index (χ0v) is 10.2. The fourth-order valence-electron chi connectivity index (χ4n) is 1.89. The van der Waals surface area contributed by atoms with Crippen molar-refractivity contribution in [2.75, 3.05) is 13.2 Å². The second-order valence-electron chi connectivity index (χ2n) is 4.30. The van der Waals surface area contributed by atoms with Gasteiger partial charge < -0.3 is 15.2 Å². The number of hydrogen-bond acceptors (Lipinski definition) is 3. The molecule has 1 aliphatic heterocycles. The molecule has 1 aromatic rings. The van der Waals surface area contributed by atoms with Gasteiger partial charge in [-0.2, -0.15) is 0 Å². The molecule has 0 spiro atoms. The first-order valence-corrected chi connectivity index (χ1v) is 6.00. The number of carbonyl (C=O) groups is 1. The third-order valence-electron chi connectivity index (χ3n) is 2.95. The Morgan fingerprint density at radius 2 is 2.11 bits per heavy atom. The van der Waals surface area contributed by atoms with E-state index in [-0.39, 0.29) is 6.10 Å². The molecule has 4 heteroatoms. The summed E-state index contributed by atoms with van der Waals surface area (Å²) in [6.45, 7) is 5.13. The molecule has 0 radical (unpaired) electrons. The zero-order valence-electron chi connectivity index (χ0n) is 10.2. The zero-order chi connectivity index (χ0) is 13.0. The number of hydrogen-bond donors (Lipinski definition) is 1. The van der Waals surface area contributed by atoms with Gasteiger partial charge in [0, 0.05) is 18.4 Å². The fraction of sp³-hybridized carbons (Fsp3) is 0.357. The van der Waals surface area contributed by atoms with Crippen LogP contribution >= 0.6 is 0 Å². The van der Waals surface area contributed by atoms with Crippen molar-refractivity contribution >= 4 is 11.5 Å². The average molecular weight is 247 g/mol. The number of benzene rings is 1. The molecule has 2 rings (SSSR count). The van der Waals surface area contributed by atoms with Crippen molar-refractivity contribution < 1.29 is 14.3 Å². The predicted octanol–water partition coefficient (Wildman–Crippen LogP) is 1.74. The van der Waals surface area contributed by atoms with E-state index in [0.717, 1.165) is 31.8 Å². The van der Waals surface area contributed by atoms with Crippen LogP contribution in [0.25, 0.3) is 5.57 Å². The maximum Gasteiger partial charge on any atom is 0.248 e. The number of amides is 1. The van der Waals surface area contributed by atoms with E-state index < -0.39 is 5.91 Å². The summed E-state index contributed by atoms with van der Waals surface area (Å²) in [5.41, 5.74) is 6.21. The second-order valence-corrected chi connectivity index (χ2v) is 4.30. The van der Waals surface area contributed by atoms with E-state index in [4.69, 9.17) is 15.2 Å². The smallest absolute Gasteiger partial charge is 0.248 e. The molecule has 18 heavy (non-hydrogen) atoms. The highest BCUT2D eigenvalue weighted by atomic mass is 16.5. The number of rotatable bonds is 4. The molecule has 1 fully saturated rings. The summed E-state index contributed by atoms with van der Waals surface area (Å²) in [7, 11) is 0. The summed E-state index contributed by atoms with van der Waals surface area (Å²) in [6.07, 6.45) is 1.96. The van der Waals surface area contributed by atoms with Gasteiger partial charge in [0.05, 0.1) is 13.2 Å². The van der Waals surface area contributed by atoms with Gasteiger partial charge in [0.2, 0.25) is 5.91 Å². The van der Waals surface area contributed by atoms with Crippen LogP contribution in [0, 0.1) is 0 Å². The lowest BCUT2D eigenvalue weighted by atomic mass is 10.1. The third-order valence-corrected chi connectivity index (χ3v) is 2.95. The fourth-order valence-corrected chi connectivity index (χ4v) is 1.89. The molecule has 0 unspecified atom stereocenters. The van der Waals surface area contributed by atoms with Crippen LogP contribution in [-0.4, -0.2) is 25.2 Å². The van der Waals surface area contributed by atoms with Crippen LogP contribution in [0.3, 0.4) is 0 Å². The van der Waals surface area contributed by atoms with Gasteiger partial charge in [-0.25, -0.2) is 0 Å². The normalized spacial score (nSPS) is 16.2. The lowest BCUT2D eigenvalue weighted by molar-refractivity contribution is -0.112. The van der Waals surface area contributed by atoms with Crippen LogP contribution in [-0.2, 0) is 9.53 Å². The number of ether oxygens (including phenoxy) is 2. The Labute approximate surface area is 106 Å². The molecule has 0 saturated carbocycles. The van der Waals surface area contributed by atoms with Gasteiger partial charge in [0.25, 0.3) is 0 Å². The standard InChI is InChI=1S/C14H17NO3/c1-10(14(15)16)11-3-2-4-13(9-11)18-12-5-7-17-8-6-12/h2-4,9,12H,1,5-8H2,(H2,15,16). The quantitative estimate of drug-likeness (QED) is 0.824. The van der Waals surface area contributed by atoms with Crippen LogP contribution in [0.4, 0.5) is 0 Å².